The highest BCUT2D eigenvalue weighted by molar-refractivity contribution is 7.13. The molecule has 0 spiro atoms. The molecular weight excluding hydrogens is 207 g/mol. The first-order valence-corrected chi connectivity index (χ1v) is 5.61. The van der Waals surface area contributed by atoms with E-state index in [-0.39, 0.29) is 5.83 Å². The molecule has 0 fully saturated rings. The van der Waals surface area contributed by atoms with Gasteiger partial charge in [-0.25, -0.2) is 4.39 Å². The third kappa shape index (κ3) is 2.54. The fraction of sp³-hybridized carbons (Fsp3) is 0.0769. The van der Waals surface area contributed by atoms with Gasteiger partial charge in [0.25, 0.3) is 0 Å². The maximum Gasteiger partial charge on any atom is 0.0974 e. The Balaban J connectivity index is 2.29. The molecule has 2 aromatic rings. The zero-order chi connectivity index (χ0) is 10.7. The van der Waals surface area contributed by atoms with Gasteiger partial charge >= 0.3 is 0 Å². The summed E-state index contributed by atoms with van der Waals surface area (Å²) in [4.78, 5) is 1.24. The molecule has 2 rings (SSSR count). The molecule has 0 nitrogen and oxygen atoms in total. The van der Waals surface area contributed by atoms with Gasteiger partial charge < -0.3 is 0 Å². The van der Waals surface area contributed by atoms with E-state index in [0.717, 1.165) is 5.56 Å². The normalized spacial score (nSPS) is 11.7. The molecule has 1 aromatic carbocycles. The van der Waals surface area contributed by atoms with Gasteiger partial charge in [-0.2, -0.15) is 0 Å². The maximum atomic E-state index is 12.6. The minimum atomic E-state index is -0.168. The molecule has 0 saturated heterocycles. The monoisotopic (exact) mass is 218 g/mol. The van der Waals surface area contributed by atoms with Crippen LogP contribution >= 0.6 is 11.3 Å². The first kappa shape index (κ1) is 10.1. The number of rotatable bonds is 2. The molecule has 0 bridgehead atoms. The molecule has 0 amide bonds. The van der Waals surface area contributed by atoms with Crippen molar-refractivity contribution in [2.24, 2.45) is 0 Å². The predicted molar refractivity (Wildman–Crippen MR) is 64.5 cm³/mol. The number of allylic oxidation sites excluding steroid dienone is 1. The maximum absolute atomic E-state index is 12.6. The Morgan fingerprint density at radius 1 is 1.20 bits per heavy atom. The Kier molecular flexibility index (Phi) is 2.97. The Morgan fingerprint density at radius 2 is 1.93 bits per heavy atom. The summed E-state index contributed by atoms with van der Waals surface area (Å²) in [6, 6.07) is 12.0. The van der Waals surface area contributed by atoms with Gasteiger partial charge in [0.15, 0.2) is 0 Å². The van der Waals surface area contributed by atoms with Gasteiger partial charge in [-0.1, -0.05) is 30.3 Å². The third-order valence-corrected chi connectivity index (χ3v) is 3.00. The van der Waals surface area contributed by atoms with Gasteiger partial charge in [0, 0.05) is 4.88 Å². The van der Waals surface area contributed by atoms with Crippen LogP contribution in [0.1, 0.15) is 12.5 Å². The summed E-state index contributed by atoms with van der Waals surface area (Å²) in [6.45, 7) is 1.45. The van der Waals surface area contributed by atoms with Gasteiger partial charge in [0.1, 0.15) is 0 Å². The number of thiophene rings is 1. The standard InChI is InChI=1S/C13H11FS/c1-10(14)9-11-4-6-12(7-5-11)13-3-2-8-15-13/h2-9H,1H3/b10-9-. The topological polar surface area (TPSA) is 0 Å². The fourth-order valence-corrected chi connectivity index (χ4v) is 2.15. The van der Waals surface area contributed by atoms with Crippen molar-refractivity contribution < 1.29 is 4.39 Å². The van der Waals surface area contributed by atoms with E-state index in [4.69, 9.17) is 0 Å². The van der Waals surface area contributed by atoms with Crippen LogP contribution in [0.25, 0.3) is 16.5 Å². The summed E-state index contributed by atoms with van der Waals surface area (Å²) in [5, 5.41) is 2.05. The second-order valence-electron chi connectivity index (χ2n) is 3.33. The Hall–Kier alpha value is -1.41. The van der Waals surface area contributed by atoms with Crippen molar-refractivity contribution in [3.05, 3.63) is 53.2 Å². The van der Waals surface area contributed by atoms with Crippen molar-refractivity contribution in [3.63, 3.8) is 0 Å². The van der Waals surface area contributed by atoms with Crippen LogP contribution in [-0.2, 0) is 0 Å². The average molecular weight is 218 g/mol. The van der Waals surface area contributed by atoms with Gasteiger partial charge in [-0.15, -0.1) is 11.3 Å². The van der Waals surface area contributed by atoms with Gasteiger partial charge in [0.2, 0.25) is 0 Å². The zero-order valence-electron chi connectivity index (χ0n) is 8.41. The lowest BCUT2D eigenvalue weighted by atomic mass is 10.1. The van der Waals surface area contributed by atoms with Crippen LogP contribution < -0.4 is 0 Å². The highest BCUT2D eigenvalue weighted by atomic mass is 32.1. The molecule has 76 valence electrons. The van der Waals surface area contributed by atoms with Crippen LogP contribution in [0, 0.1) is 0 Å². The van der Waals surface area contributed by atoms with E-state index < -0.39 is 0 Å². The third-order valence-electron chi connectivity index (χ3n) is 2.08. The SMILES string of the molecule is C/C(F)=C/c1ccc(-c2cccs2)cc1. The van der Waals surface area contributed by atoms with Crippen LogP contribution in [0.2, 0.25) is 0 Å². The lowest BCUT2D eigenvalue weighted by Gasteiger charge is -1.98. The number of benzene rings is 1. The Bertz CT molecular complexity index is 448. The van der Waals surface area contributed by atoms with E-state index in [2.05, 4.69) is 11.4 Å². The number of hydrogen-bond donors (Lipinski definition) is 0. The smallest absolute Gasteiger partial charge is 0.0974 e. The van der Waals surface area contributed by atoms with E-state index >= 15 is 0 Å². The lowest BCUT2D eigenvalue weighted by molar-refractivity contribution is 0.648. The molecule has 0 unspecified atom stereocenters. The van der Waals surface area contributed by atoms with Crippen molar-refractivity contribution in [1.29, 1.82) is 0 Å². The average Bonchev–Trinajstić information content (AvgIpc) is 2.71. The summed E-state index contributed by atoms with van der Waals surface area (Å²) in [5.41, 5.74) is 2.08. The highest BCUT2D eigenvalue weighted by Gasteiger charge is 1.97. The Morgan fingerprint density at radius 3 is 2.47 bits per heavy atom. The molecular formula is C13H11FS. The van der Waals surface area contributed by atoms with Crippen molar-refractivity contribution in [1.82, 2.24) is 0 Å². The molecule has 0 saturated carbocycles. The molecule has 0 aliphatic heterocycles. The minimum absolute atomic E-state index is 0.168. The quantitative estimate of drug-likeness (QED) is 0.682. The minimum Gasteiger partial charge on any atom is -0.212 e. The molecule has 15 heavy (non-hydrogen) atoms. The van der Waals surface area contributed by atoms with Crippen LogP contribution in [0.5, 0.6) is 0 Å². The zero-order valence-corrected chi connectivity index (χ0v) is 9.22. The summed E-state index contributed by atoms with van der Waals surface area (Å²) in [7, 11) is 0. The highest BCUT2D eigenvalue weighted by Crippen LogP contribution is 2.25. The molecule has 0 atom stereocenters. The second-order valence-corrected chi connectivity index (χ2v) is 4.28. The van der Waals surface area contributed by atoms with Crippen LogP contribution in [0.4, 0.5) is 4.39 Å². The molecule has 0 radical (unpaired) electrons. The van der Waals surface area contributed by atoms with E-state index in [0.29, 0.717) is 0 Å². The lowest BCUT2D eigenvalue weighted by Crippen LogP contribution is -1.75. The Labute approximate surface area is 92.7 Å². The number of hydrogen-bond acceptors (Lipinski definition) is 1. The largest absolute Gasteiger partial charge is 0.212 e. The van der Waals surface area contributed by atoms with Gasteiger partial charge in [-0.3, -0.25) is 0 Å². The van der Waals surface area contributed by atoms with Crippen molar-refractivity contribution in [3.8, 4) is 10.4 Å². The van der Waals surface area contributed by atoms with Crippen molar-refractivity contribution >= 4 is 17.4 Å². The first-order valence-electron chi connectivity index (χ1n) is 4.73. The predicted octanol–water partition coefficient (Wildman–Crippen LogP) is 4.75. The molecule has 2 heteroatoms. The van der Waals surface area contributed by atoms with Crippen molar-refractivity contribution in [2.75, 3.05) is 0 Å². The van der Waals surface area contributed by atoms with Crippen LogP contribution in [0.15, 0.2) is 47.6 Å². The fourth-order valence-electron chi connectivity index (χ4n) is 1.42. The van der Waals surface area contributed by atoms with E-state index in [1.165, 1.54) is 23.4 Å². The van der Waals surface area contributed by atoms with Gasteiger partial charge in [0.05, 0.1) is 5.83 Å². The first-order chi connectivity index (χ1) is 7.25. The van der Waals surface area contributed by atoms with E-state index in [1.807, 2.05) is 30.3 Å². The molecule has 0 aliphatic carbocycles. The van der Waals surface area contributed by atoms with Crippen molar-refractivity contribution in [2.45, 2.75) is 6.92 Å². The molecule has 0 N–H and O–H groups in total. The van der Waals surface area contributed by atoms with Crippen LogP contribution in [0.3, 0.4) is 0 Å². The van der Waals surface area contributed by atoms with E-state index in [9.17, 15) is 4.39 Å². The molecule has 0 aliphatic rings. The summed E-state index contributed by atoms with van der Waals surface area (Å²) in [6.07, 6.45) is 1.53. The second kappa shape index (κ2) is 4.41. The van der Waals surface area contributed by atoms with Gasteiger partial charge in [-0.05, 0) is 35.6 Å². The van der Waals surface area contributed by atoms with E-state index in [1.54, 1.807) is 11.3 Å². The van der Waals surface area contributed by atoms with Crippen LogP contribution in [-0.4, -0.2) is 0 Å². The molecule has 1 heterocycles. The summed E-state index contributed by atoms with van der Waals surface area (Å²) < 4.78 is 12.6. The number of halogens is 1. The molecule has 1 aromatic heterocycles. The summed E-state index contributed by atoms with van der Waals surface area (Å²) in [5.74, 6) is -0.168. The summed E-state index contributed by atoms with van der Waals surface area (Å²) >= 11 is 1.71.